The summed E-state index contributed by atoms with van der Waals surface area (Å²) >= 11 is 0. The van der Waals surface area contributed by atoms with E-state index in [1.807, 2.05) is 19.9 Å². The summed E-state index contributed by atoms with van der Waals surface area (Å²) in [4.78, 5) is 11.9. The highest BCUT2D eigenvalue weighted by Crippen LogP contribution is 2.49. The molecule has 1 atom stereocenters. The molecule has 1 saturated carbocycles. The Balaban J connectivity index is 1.68. The van der Waals surface area contributed by atoms with Crippen LogP contribution in [0.1, 0.15) is 38.7 Å². The highest BCUT2D eigenvalue weighted by atomic mass is 16.7. The van der Waals surface area contributed by atoms with Crippen LogP contribution in [0.4, 0.5) is 0 Å². The number of nitrogens with one attached hydrogen (secondary N) is 1. The SMILES string of the molecule is CC[C@@H](C)C(=O)NCC1(c2ccc3c(c2)OCO3)CC1. The Bertz CT molecular complexity index is 522. The standard InChI is InChI=1S/C16H21NO3/c1-3-11(2)15(18)17-9-16(6-7-16)12-4-5-13-14(8-12)20-10-19-13/h4-5,8,11H,3,6-7,9-10H2,1-2H3,(H,17,18)/t11-/m1/s1. The Labute approximate surface area is 119 Å². The minimum absolute atomic E-state index is 0.0857. The largest absolute Gasteiger partial charge is 0.454 e. The second kappa shape index (κ2) is 5.00. The first-order chi connectivity index (χ1) is 9.64. The van der Waals surface area contributed by atoms with Gasteiger partial charge in [-0.25, -0.2) is 0 Å². The molecule has 108 valence electrons. The molecular formula is C16H21NO3. The smallest absolute Gasteiger partial charge is 0.231 e. The highest BCUT2D eigenvalue weighted by molar-refractivity contribution is 5.78. The zero-order valence-electron chi connectivity index (χ0n) is 12.1. The number of ether oxygens (including phenoxy) is 2. The molecule has 3 rings (SSSR count). The van der Waals surface area contributed by atoms with Gasteiger partial charge in [-0.1, -0.05) is 19.9 Å². The summed E-state index contributed by atoms with van der Waals surface area (Å²) in [6.07, 6.45) is 3.11. The maximum absolute atomic E-state index is 11.9. The molecule has 0 saturated heterocycles. The van der Waals surface area contributed by atoms with Gasteiger partial charge in [-0.05, 0) is 37.0 Å². The van der Waals surface area contributed by atoms with Crippen LogP contribution >= 0.6 is 0 Å². The van der Waals surface area contributed by atoms with E-state index < -0.39 is 0 Å². The van der Waals surface area contributed by atoms with E-state index in [-0.39, 0.29) is 17.2 Å². The van der Waals surface area contributed by atoms with E-state index in [2.05, 4.69) is 17.4 Å². The van der Waals surface area contributed by atoms with Crippen LogP contribution in [0.15, 0.2) is 18.2 Å². The van der Waals surface area contributed by atoms with E-state index in [9.17, 15) is 4.79 Å². The molecule has 1 amide bonds. The first-order valence-electron chi connectivity index (χ1n) is 7.32. The van der Waals surface area contributed by atoms with Crippen molar-refractivity contribution in [2.75, 3.05) is 13.3 Å². The molecule has 1 aliphatic carbocycles. The van der Waals surface area contributed by atoms with Crippen LogP contribution in [0.5, 0.6) is 11.5 Å². The summed E-state index contributed by atoms with van der Waals surface area (Å²) < 4.78 is 10.8. The zero-order valence-corrected chi connectivity index (χ0v) is 12.1. The monoisotopic (exact) mass is 275 g/mol. The number of carbonyl (C=O) groups is 1. The number of rotatable bonds is 5. The molecule has 0 aromatic heterocycles. The van der Waals surface area contributed by atoms with Gasteiger partial charge < -0.3 is 14.8 Å². The molecule has 2 aliphatic rings. The summed E-state index contributed by atoms with van der Waals surface area (Å²) in [7, 11) is 0. The van der Waals surface area contributed by atoms with E-state index >= 15 is 0 Å². The third-order valence-corrected chi connectivity index (χ3v) is 4.50. The van der Waals surface area contributed by atoms with Crippen molar-refractivity contribution in [1.29, 1.82) is 0 Å². The van der Waals surface area contributed by atoms with Crippen molar-refractivity contribution in [3.8, 4) is 11.5 Å². The van der Waals surface area contributed by atoms with E-state index in [1.54, 1.807) is 0 Å². The van der Waals surface area contributed by atoms with Gasteiger partial charge in [0.05, 0.1) is 0 Å². The predicted octanol–water partition coefficient (Wildman–Crippen LogP) is 2.61. The van der Waals surface area contributed by atoms with Crippen molar-refractivity contribution in [3.63, 3.8) is 0 Å². The lowest BCUT2D eigenvalue weighted by Crippen LogP contribution is -2.35. The van der Waals surface area contributed by atoms with E-state index in [4.69, 9.17) is 9.47 Å². The molecule has 1 heterocycles. The van der Waals surface area contributed by atoms with Crippen LogP contribution in [0.25, 0.3) is 0 Å². The van der Waals surface area contributed by atoms with Gasteiger partial charge in [0.15, 0.2) is 11.5 Å². The molecule has 0 bridgehead atoms. The lowest BCUT2D eigenvalue weighted by Gasteiger charge is -2.18. The lowest BCUT2D eigenvalue weighted by molar-refractivity contribution is -0.124. The van der Waals surface area contributed by atoms with Crippen LogP contribution in [0, 0.1) is 5.92 Å². The molecule has 0 unspecified atom stereocenters. The van der Waals surface area contributed by atoms with Gasteiger partial charge in [-0.3, -0.25) is 4.79 Å². The fourth-order valence-electron chi connectivity index (χ4n) is 2.56. The highest BCUT2D eigenvalue weighted by Gasteiger charge is 2.45. The maximum Gasteiger partial charge on any atom is 0.231 e. The lowest BCUT2D eigenvalue weighted by atomic mass is 9.95. The molecular weight excluding hydrogens is 254 g/mol. The van der Waals surface area contributed by atoms with Crippen molar-refractivity contribution in [2.24, 2.45) is 5.92 Å². The van der Waals surface area contributed by atoms with Gasteiger partial charge in [0.2, 0.25) is 12.7 Å². The molecule has 1 fully saturated rings. The fraction of sp³-hybridized carbons (Fsp3) is 0.562. The molecule has 4 nitrogen and oxygen atoms in total. The second-order valence-corrected chi connectivity index (χ2v) is 5.88. The van der Waals surface area contributed by atoms with E-state index in [1.165, 1.54) is 5.56 Å². The maximum atomic E-state index is 11.9. The summed E-state index contributed by atoms with van der Waals surface area (Å²) in [5.74, 6) is 1.87. The Kier molecular flexibility index (Phi) is 3.32. The number of carbonyl (C=O) groups excluding carboxylic acids is 1. The minimum atomic E-state index is 0.0857. The molecule has 0 radical (unpaired) electrons. The van der Waals surface area contributed by atoms with Crippen molar-refractivity contribution < 1.29 is 14.3 Å². The Morgan fingerprint density at radius 2 is 2.10 bits per heavy atom. The molecule has 1 N–H and O–H groups in total. The summed E-state index contributed by atoms with van der Waals surface area (Å²) in [5.41, 5.74) is 1.34. The zero-order chi connectivity index (χ0) is 14.2. The third-order valence-electron chi connectivity index (χ3n) is 4.50. The van der Waals surface area contributed by atoms with Crippen LogP contribution in [0.2, 0.25) is 0 Å². The third kappa shape index (κ3) is 2.35. The van der Waals surface area contributed by atoms with Crippen molar-refractivity contribution in [1.82, 2.24) is 5.32 Å². The van der Waals surface area contributed by atoms with Crippen molar-refractivity contribution in [3.05, 3.63) is 23.8 Å². The van der Waals surface area contributed by atoms with Crippen LogP contribution in [0.3, 0.4) is 0 Å². The van der Waals surface area contributed by atoms with Gasteiger partial charge in [-0.2, -0.15) is 0 Å². The average Bonchev–Trinajstić information content (AvgIpc) is 3.12. The molecule has 0 spiro atoms. The van der Waals surface area contributed by atoms with E-state index in [0.717, 1.165) is 37.3 Å². The summed E-state index contributed by atoms with van der Waals surface area (Å²) in [6.45, 7) is 5.02. The summed E-state index contributed by atoms with van der Waals surface area (Å²) in [6, 6.07) is 6.12. The molecule has 1 aromatic rings. The first-order valence-corrected chi connectivity index (χ1v) is 7.32. The average molecular weight is 275 g/mol. The number of amides is 1. The number of hydrogen-bond donors (Lipinski definition) is 1. The van der Waals surface area contributed by atoms with Crippen LogP contribution < -0.4 is 14.8 Å². The number of hydrogen-bond acceptors (Lipinski definition) is 3. The quantitative estimate of drug-likeness (QED) is 0.898. The summed E-state index contributed by atoms with van der Waals surface area (Å²) in [5, 5.41) is 3.09. The molecule has 1 aromatic carbocycles. The minimum Gasteiger partial charge on any atom is -0.454 e. The van der Waals surface area contributed by atoms with Crippen LogP contribution in [-0.4, -0.2) is 19.2 Å². The molecule has 1 aliphatic heterocycles. The van der Waals surface area contributed by atoms with Crippen molar-refractivity contribution >= 4 is 5.91 Å². The van der Waals surface area contributed by atoms with Gasteiger partial charge in [0.1, 0.15) is 0 Å². The van der Waals surface area contributed by atoms with Gasteiger partial charge >= 0.3 is 0 Å². The Hall–Kier alpha value is -1.71. The van der Waals surface area contributed by atoms with Gasteiger partial charge in [-0.15, -0.1) is 0 Å². The first kappa shape index (κ1) is 13.3. The number of benzene rings is 1. The molecule has 20 heavy (non-hydrogen) atoms. The molecule has 4 heteroatoms. The van der Waals surface area contributed by atoms with Crippen molar-refractivity contribution in [2.45, 2.75) is 38.5 Å². The number of fused-ring (bicyclic) bond motifs is 1. The second-order valence-electron chi connectivity index (χ2n) is 5.88. The Morgan fingerprint density at radius 1 is 1.35 bits per heavy atom. The fourth-order valence-corrected chi connectivity index (χ4v) is 2.56. The predicted molar refractivity (Wildman–Crippen MR) is 75.9 cm³/mol. The van der Waals surface area contributed by atoms with E-state index in [0.29, 0.717) is 6.79 Å². The Morgan fingerprint density at radius 3 is 2.80 bits per heavy atom. The normalized spacial score (nSPS) is 19.5. The topological polar surface area (TPSA) is 47.6 Å². The van der Waals surface area contributed by atoms with Gasteiger partial charge in [0, 0.05) is 17.9 Å². The van der Waals surface area contributed by atoms with Crippen LogP contribution in [-0.2, 0) is 10.2 Å². The van der Waals surface area contributed by atoms with Gasteiger partial charge in [0.25, 0.3) is 0 Å².